The van der Waals surface area contributed by atoms with E-state index in [-0.39, 0.29) is 0 Å². The van der Waals surface area contributed by atoms with E-state index in [0.717, 1.165) is 18.9 Å². The lowest BCUT2D eigenvalue weighted by atomic mass is 9.94. The van der Waals surface area contributed by atoms with E-state index < -0.39 is 0 Å². The molecule has 0 spiro atoms. The molecule has 0 aliphatic rings. The van der Waals surface area contributed by atoms with E-state index in [4.69, 9.17) is 0 Å². The lowest BCUT2D eigenvalue weighted by Crippen LogP contribution is -2.33. The van der Waals surface area contributed by atoms with Crippen LogP contribution in [0.3, 0.4) is 0 Å². The number of benzene rings is 1. The topological polar surface area (TPSA) is 12.0 Å². The van der Waals surface area contributed by atoms with Crippen molar-refractivity contribution in [2.24, 2.45) is 5.92 Å². The van der Waals surface area contributed by atoms with Gasteiger partial charge in [0.15, 0.2) is 0 Å². The van der Waals surface area contributed by atoms with Gasteiger partial charge in [-0.2, -0.15) is 0 Å². The van der Waals surface area contributed by atoms with Crippen LogP contribution in [0.5, 0.6) is 0 Å². The Bertz CT molecular complexity index is 315. The van der Waals surface area contributed by atoms with Crippen LogP contribution in [0.2, 0.25) is 0 Å². The molecule has 0 aliphatic heterocycles. The van der Waals surface area contributed by atoms with Crippen LogP contribution < -0.4 is 5.32 Å². The van der Waals surface area contributed by atoms with E-state index in [2.05, 4.69) is 57.3 Å². The Kier molecular flexibility index (Phi) is 7.04. The van der Waals surface area contributed by atoms with Gasteiger partial charge in [-0.25, -0.2) is 0 Å². The summed E-state index contributed by atoms with van der Waals surface area (Å²) in [6.07, 6.45) is 4.93. The lowest BCUT2D eigenvalue weighted by molar-refractivity contribution is 0.391. The molecule has 0 aliphatic carbocycles. The molecule has 1 heteroatoms. The molecule has 2 atom stereocenters. The van der Waals surface area contributed by atoms with Crippen LogP contribution >= 0.6 is 0 Å². The maximum Gasteiger partial charge on any atom is 0.0110 e. The van der Waals surface area contributed by atoms with Crippen LogP contribution in [-0.2, 0) is 6.42 Å². The highest BCUT2D eigenvalue weighted by Crippen LogP contribution is 2.14. The molecule has 1 nitrogen and oxygen atoms in total. The fraction of sp³-hybridized carbons (Fsp3) is 0.647. The minimum atomic E-state index is 0.627. The summed E-state index contributed by atoms with van der Waals surface area (Å²) in [5.74, 6) is 0.810. The summed E-state index contributed by atoms with van der Waals surface area (Å²) in [6.45, 7) is 10.2. The Morgan fingerprint density at radius 2 is 1.78 bits per heavy atom. The zero-order valence-electron chi connectivity index (χ0n) is 12.5. The van der Waals surface area contributed by atoms with Gasteiger partial charge in [-0.15, -0.1) is 0 Å². The molecule has 2 unspecified atom stereocenters. The number of hydrogen-bond donors (Lipinski definition) is 1. The molecule has 0 saturated heterocycles. The molecule has 0 fully saturated rings. The monoisotopic (exact) mass is 247 g/mol. The van der Waals surface area contributed by atoms with Crippen molar-refractivity contribution in [1.29, 1.82) is 0 Å². The minimum absolute atomic E-state index is 0.627. The van der Waals surface area contributed by atoms with E-state index in [1.807, 2.05) is 0 Å². The summed E-state index contributed by atoms with van der Waals surface area (Å²) < 4.78 is 0. The summed E-state index contributed by atoms with van der Waals surface area (Å²) >= 11 is 0. The Morgan fingerprint density at radius 1 is 1.11 bits per heavy atom. The molecule has 0 saturated carbocycles. The highest BCUT2D eigenvalue weighted by Gasteiger charge is 2.12. The molecule has 0 radical (unpaired) electrons. The molecule has 0 amide bonds. The van der Waals surface area contributed by atoms with E-state index in [9.17, 15) is 0 Å². The summed E-state index contributed by atoms with van der Waals surface area (Å²) in [7, 11) is 0. The van der Waals surface area contributed by atoms with Crippen LogP contribution in [0.25, 0.3) is 0 Å². The maximum atomic E-state index is 3.70. The van der Waals surface area contributed by atoms with Crippen LogP contribution in [-0.4, -0.2) is 12.6 Å². The van der Waals surface area contributed by atoms with Gasteiger partial charge in [0.25, 0.3) is 0 Å². The Morgan fingerprint density at radius 3 is 2.33 bits per heavy atom. The smallest absolute Gasteiger partial charge is 0.0110 e. The maximum absolute atomic E-state index is 3.70. The van der Waals surface area contributed by atoms with Crippen molar-refractivity contribution < 1.29 is 0 Å². The van der Waals surface area contributed by atoms with Crippen molar-refractivity contribution in [2.75, 3.05) is 6.54 Å². The molecule has 18 heavy (non-hydrogen) atoms. The van der Waals surface area contributed by atoms with Crippen LogP contribution in [0, 0.1) is 12.8 Å². The number of nitrogens with one attached hydrogen (secondary N) is 1. The average Bonchev–Trinajstić information content (AvgIpc) is 2.38. The van der Waals surface area contributed by atoms with Gasteiger partial charge in [0.2, 0.25) is 0 Å². The first-order valence-corrected chi connectivity index (χ1v) is 7.44. The van der Waals surface area contributed by atoms with Crippen molar-refractivity contribution >= 4 is 0 Å². The van der Waals surface area contributed by atoms with E-state index >= 15 is 0 Å². The van der Waals surface area contributed by atoms with E-state index in [0.29, 0.717) is 6.04 Å². The zero-order valence-corrected chi connectivity index (χ0v) is 12.5. The van der Waals surface area contributed by atoms with Crippen LogP contribution in [0.15, 0.2) is 24.3 Å². The van der Waals surface area contributed by atoms with Gasteiger partial charge in [0.1, 0.15) is 0 Å². The number of hydrogen-bond acceptors (Lipinski definition) is 1. The first-order chi connectivity index (χ1) is 8.65. The Hall–Kier alpha value is -0.820. The van der Waals surface area contributed by atoms with Gasteiger partial charge in [0, 0.05) is 6.04 Å². The highest BCUT2D eigenvalue weighted by atomic mass is 14.9. The molecule has 0 bridgehead atoms. The average molecular weight is 247 g/mol. The minimum Gasteiger partial charge on any atom is -0.314 e. The van der Waals surface area contributed by atoms with E-state index in [1.165, 1.54) is 30.4 Å². The SMILES string of the molecule is CCCNC(Cc1ccc(C)cc1)CC(C)CC. The van der Waals surface area contributed by atoms with Crippen molar-refractivity contribution in [2.45, 2.75) is 59.4 Å². The van der Waals surface area contributed by atoms with Gasteiger partial charge in [-0.05, 0) is 44.2 Å². The number of rotatable bonds is 8. The summed E-state index contributed by atoms with van der Waals surface area (Å²) in [5.41, 5.74) is 2.80. The lowest BCUT2D eigenvalue weighted by Gasteiger charge is -2.22. The molecule has 1 rings (SSSR count). The predicted octanol–water partition coefficient (Wildman–Crippen LogP) is 4.34. The van der Waals surface area contributed by atoms with Crippen LogP contribution in [0.1, 0.15) is 51.2 Å². The predicted molar refractivity (Wildman–Crippen MR) is 81.0 cm³/mol. The molecular weight excluding hydrogens is 218 g/mol. The second-order valence-electron chi connectivity index (χ2n) is 5.59. The van der Waals surface area contributed by atoms with Crippen molar-refractivity contribution in [3.05, 3.63) is 35.4 Å². The third kappa shape index (κ3) is 5.68. The van der Waals surface area contributed by atoms with Gasteiger partial charge in [0.05, 0.1) is 0 Å². The molecule has 102 valence electrons. The standard InChI is InChI=1S/C17H29N/c1-5-11-18-17(12-14(3)6-2)13-16-9-7-15(4)8-10-16/h7-10,14,17-18H,5-6,11-13H2,1-4H3. The summed E-state index contributed by atoms with van der Waals surface area (Å²) in [5, 5.41) is 3.70. The fourth-order valence-electron chi connectivity index (χ4n) is 2.25. The molecular formula is C17H29N. The third-order valence-electron chi connectivity index (χ3n) is 3.67. The molecule has 0 aromatic heterocycles. The Labute approximate surface area is 113 Å². The van der Waals surface area contributed by atoms with Crippen molar-refractivity contribution in [1.82, 2.24) is 5.32 Å². The quantitative estimate of drug-likeness (QED) is 0.720. The van der Waals surface area contributed by atoms with Crippen LogP contribution in [0.4, 0.5) is 0 Å². The summed E-state index contributed by atoms with van der Waals surface area (Å²) in [4.78, 5) is 0. The van der Waals surface area contributed by atoms with Gasteiger partial charge < -0.3 is 5.32 Å². The third-order valence-corrected chi connectivity index (χ3v) is 3.67. The molecule has 1 aromatic carbocycles. The Balaban J connectivity index is 2.56. The van der Waals surface area contributed by atoms with Gasteiger partial charge >= 0.3 is 0 Å². The van der Waals surface area contributed by atoms with Gasteiger partial charge in [-0.1, -0.05) is 57.0 Å². The summed E-state index contributed by atoms with van der Waals surface area (Å²) in [6, 6.07) is 9.60. The fourth-order valence-corrected chi connectivity index (χ4v) is 2.25. The first-order valence-electron chi connectivity index (χ1n) is 7.44. The molecule has 1 aromatic rings. The highest BCUT2D eigenvalue weighted by molar-refractivity contribution is 5.22. The van der Waals surface area contributed by atoms with Gasteiger partial charge in [-0.3, -0.25) is 0 Å². The second kappa shape index (κ2) is 8.31. The second-order valence-corrected chi connectivity index (χ2v) is 5.59. The van der Waals surface area contributed by atoms with Crippen molar-refractivity contribution in [3.63, 3.8) is 0 Å². The van der Waals surface area contributed by atoms with E-state index in [1.54, 1.807) is 0 Å². The first kappa shape index (κ1) is 15.2. The zero-order chi connectivity index (χ0) is 13.4. The largest absolute Gasteiger partial charge is 0.314 e. The molecule has 1 N–H and O–H groups in total. The number of aryl methyl sites for hydroxylation is 1. The van der Waals surface area contributed by atoms with Crippen molar-refractivity contribution in [3.8, 4) is 0 Å². The normalized spacial score (nSPS) is 14.4. The molecule has 0 heterocycles.